The summed E-state index contributed by atoms with van der Waals surface area (Å²) in [6, 6.07) is 0. The SMILES string of the molecule is CN(C=N)NN. The largest absolute Gasteiger partial charge is 0.290 e. The van der Waals surface area contributed by atoms with E-state index in [0.29, 0.717) is 0 Å². The van der Waals surface area contributed by atoms with E-state index < -0.39 is 0 Å². The zero-order chi connectivity index (χ0) is 4.99. The second-order valence-electron chi connectivity index (χ2n) is 0.869. The van der Waals surface area contributed by atoms with E-state index >= 15 is 0 Å². The predicted molar refractivity (Wildman–Crippen MR) is 23.9 cm³/mol. The summed E-state index contributed by atoms with van der Waals surface area (Å²) in [5.74, 6) is 4.81. The number of hydrazine groups is 2. The Bertz CT molecular complexity index is 42.8. The van der Waals surface area contributed by atoms with Gasteiger partial charge in [-0.1, -0.05) is 0 Å². The molecule has 0 rings (SSSR count). The third-order valence-electron chi connectivity index (χ3n) is 0.397. The van der Waals surface area contributed by atoms with Crippen LogP contribution < -0.4 is 11.4 Å². The normalized spacial score (nSPS) is 7.67. The summed E-state index contributed by atoms with van der Waals surface area (Å²) >= 11 is 0. The number of nitrogens with two attached hydrogens (primary N) is 1. The molecule has 36 valence electrons. The molecule has 0 aliphatic carbocycles. The van der Waals surface area contributed by atoms with Gasteiger partial charge < -0.3 is 0 Å². The van der Waals surface area contributed by atoms with E-state index in [4.69, 9.17) is 11.3 Å². The smallest absolute Gasteiger partial charge is 0.0968 e. The average Bonchev–Trinajstić information content (AvgIpc) is 1.65. The number of hydrogen-bond donors (Lipinski definition) is 3. The Hall–Kier alpha value is -0.610. The molecule has 0 aromatic carbocycles. The van der Waals surface area contributed by atoms with Crippen molar-refractivity contribution >= 4 is 6.34 Å². The molecule has 0 spiro atoms. The fourth-order valence-corrected chi connectivity index (χ4v) is 0.0373. The van der Waals surface area contributed by atoms with Gasteiger partial charge >= 0.3 is 0 Å². The Morgan fingerprint density at radius 3 is 2.50 bits per heavy atom. The summed E-state index contributed by atoms with van der Waals surface area (Å²) in [7, 11) is 1.63. The van der Waals surface area contributed by atoms with Crippen LogP contribution in [0.3, 0.4) is 0 Å². The molecule has 0 aliphatic rings. The highest BCUT2D eigenvalue weighted by molar-refractivity contribution is 5.48. The van der Waals surface area contributed by atoms with E-state index in [1.807, 2.05) is 0 Å². The number of hydrogen-bond acceptors (Lipinski definition) is 3. The Kier molecular flexibility index (Phi) is 2.35. The van der Waals surface area contributed by atoms with E-state index in [1.165, 1.54) is 5.01 Å². The molecule has 0 atom stereocenters. The lowest BCUT2D eigenvalue weighted by atomic mass is 11.1. The van der Waals surface area contributed by atoms with Gasteiger partial charge in [-0.05, 0) is 0 Å². The van der Waals surface area contributed by atoms with Gasteiger partial charge in [-0.25, -0.2) is 0 Å². The molecule has 4 heteroatoms. The zero-order valence-corrected chi connectivity index (χ0v) is 3.60. The summed E-state index contributed by atoms with van der Waals surface area (Å²) < 4.78 is 0. The van der Waals surface area contributed by atoms with Crippen LogP contribution in [0.1, 0.15) is 0 Å². The minimum absolute atomic E-state index is 1.07. The van der Waals surface area contributed by atoms with Gasteiger partial charge in [0, 0.05) is 7.05 Å². The van der Waals surface area contributed by atoms with Gasteiger partial charge in [-0.2, -0.15) is 5.53 Å². The first kappa shape index (κ1) is 5.39. The third-order valence-corrected chi connectivity index (χ3v) is 0.397. The summed E-state index contributed by atoms with van der Waals surface area (Å²) in [6.07, 6.45) is 1.07. The van der Waals surface area contributed by atoms with Gasteiger partial charge in [-0.15, -0.1) is 0 Å². The molecule has 0 aromatic heterocycles. The van der Waals surface area contributed by atoms with Crippen LogP contribution in [-0.4, -0.2) is 18.4 Å². The van der Waals surface area contributed by atoms with Crippen LogP contribution in [0.5, 0.6) is 0 Å². The third kappa shape index (κ3) is 1.68. The molecule has 6 heavy (non-hydrogen) atoms. The molecule has 4 nitrogen and oxygen atoms in total. The monoisotopic (exact) mass is 88.1 g/mol. The van der Waals surface area contributed by atoms with E-state index in [1.54, 1.807) is 7.05 Å². The van der Waals surface area contributed by atoms with Crippen molar-refractivity contribution in [1.29, 1.82) is 5.41 Å². The van der Waals surface area contributed by atoms with Crippen molar-refractivity contribution in [2.24, 2.45) is 5.84 Å². The summed E-state index contributed by atoms with van der Waals surface area (Å²) in [5, 5.41) is 7.79. The molecule has 0 saturated carbocycles. The van der Waals surface area contributed by atoms with Crippen LogP contribution in [-0.2, 0) is 0 Å². The first-order valence-electron chi connectivity index (χ1n) is 1.51. The topological polar surface area (TPSA) is 65.1 Å². The Morgan fingerprint density at radius 1 is 2.00 bits per heavy atom. The van der Waals surface area contributed by atoms with E-state index in [2.05, 4.69) is 5.53 Å². The van der Waals surface area contributed by atoms with E-state index in [9.17, 15) is 0 Å². The second kappa shape index (κ2) is 2.62. The molecule has 0 unspecified atom stereocenters. The van der Waals surface area contributed by atoms with Crippen molar-refractivity contribution in [3.05, 3.63) is 0 Å². The van der Waals surface area contributed by atoms with Crippen LogP contribution in [0, 0.1) is 5.41 Å². The van der Waals surface area contributed by atoms with Gasteiger partial charge in [0.05, 0.1) is 6.34 Å². The Morgan fingerprint density at radius 2 is 2.50 bits per heavy atom. The molecule has 0 aliphatic heterocycles. The van der Waals surface area contributed by atoms with Crippen molar-refractivity contribution in [3.63, 3.8) is 0 Å². The highest BCUT2D eigenvalue weighted by Gasteiger charge is 1.73. The van der Waals surface area contributed by atoms with Crippen LogP contribution >= 0.6 is 0 Å². The number of nitrogens with one attached hydrogen (secondary N) is 2. The quantitative estimate of drug-likeness (QED) is 0.174. The van der Waals surface area contributed by atoms with Gasteiger partial charge in [0.2, 0.25) is 0 Å². The van der Waals surface area contributed by atoms with Crippen molar-refractivity contribution in [3.8, 4) is 0 Å². The molecular formula is C2H8N4. The summed E-state index contributed by atoms with van der Waals surface area (Å²) in [5.41, 5.74) is 2.20. The maximum Gasteiger partial charge on any atom is 0.0968 e. The van der Waals surface area contributed by atoms with Gasteiger partial charge in [0.1, 0.15) is 0 Å². The fourth-order valence-electron chi connectivity index (χ4n) is 0.0373. The zero-order valence-electron chi connectivity index (χ0n) is 3.60. The van der Waals surface area contributed by atoms with Gasteiger partial charge in [0.15, 0.2) is 0 Å². The predicted octanol–water partition coefficient (Wildman–Crippen LogP) is -1.10. The van der Waals surface area contributed by atoms with Crippen molar-refractivity contribution < 1.29 is 0 Å². The average molecular weight is 88.1 g/mol. The minimum Gasteiger partial charge on any atom is -0.290 e. The van der Waals surface area contributed by atoms with Gasteiger partial charge in [0.25, 0.3) is 0 Å². The molecular weight excluding hydrogens is 80.0 g/mol. The summed E-state index contributed by atoms with van der Waals surface area (Å²) in [6.45, 7) is 0. The van der Waals surface area contributed by atoms with Crippen LogP contribution in [0.15, 0.2) is 0 Å². The number of nitrogens with zero attached hydrogens (tertiary/aromatic N) is 1. The standard InChI is InChI=1S/C2H8N4/c1-6(2-3)5-4/h2-3,5H,4H2,1H3. The van der Waals surface area contributed by atoms with Crippen LogP contribution in [0.4, 0.5) is 0 Å². The lowest BCUT2D eigenvalue weighted by Crippen LogP contribution is -2.38. The van der Waals surface area contributed by atoms with Crippen molar-refractivity contribution in [2.45, 2.75) is 0 Å². The number of rotatable bonds is 2. The molecule has 0 radical (unpaired) electrons. The first-order valence-corrected chi connectivity index (χ1v) is 1.51. The van der Waals surface area contributed by atoms with E-state index in [0.717, 1.165) is 6.34 Å². The molecule has 0 heterocycles. The lowest BCUT2D eigenvalue weighted by molar-refractivity contribution is 0.386. The minimum atomic E-state index is 1.07. The van der Waals surface area contributed by atoms with E-state index in [-0.39, 0.29) is 0 Å². The highest BCUT2D eigenvalue weighted by Crippen LogP contribution is 1.51. The molecule has 0 bridgehead atoms. The molecule has 0 fully saturated rings. The van der Waals surface area contributed by atoms with Crippen LogP contribution in [0.25, 0.3) is 0 Å². The molecule has 0 aromatic rings. The van der Waals surface area contributed by atoms with Crippen molar-refractivity contribution in [1.82, 2.24) is 10.5 Å². The Balaban J connectivity index is 2.96. The Labute approximate surface area is 36.4 Å². The van der Waals surface area contributed by atoms with Crippen molar-refractivity contribution in [2.75, 3.05) is 7.05 Å². The molecule has 4 N–H and O–H groups in total. The van der Waals surface area contributed by atoms with Crippen LogP contribution in [0.2, 0.25) is 0 Å². The van der Waals surface area contributed by atoms with Gasteiger partial charge in [-0.3, -0.25) is 16.3 Å². The maximum absolute atomic E-state index is 6.47. The summed E-state index contributed by atoms with van der Waals surface area (Å²) in [4.78, 5) is 0. The first-order chi connectivity index (χ1) is 2.81. The molecule has 0 saturated heterocycles. The molecule has 0 amide bonds. The maximum atomic E-state index is 6.47. The fraction of sp³-hybridized carbons (Fsp3) is 0.500. The second-order valence-corrected chi connectivity index (χ2v) is 0.869. The lowest BCUT2D eigenvalue weighted by Gasteiger charge is -2.06. The highest BCUT2D eigenvalue weighted by atomic mass is 15.6.